The lowest BCUT2D eigenvalue weighted by atomic mass is 10.2. The molecule has 1 heterocycles. The fraction of sp³-hybridized carbons (Fsp3) is 0.455. The molecule has 4 nitrogen and oxygen atoms in total. The number of nitrogens with two attached hydrogens (primary N) is 1. The molecule has 0 aliphatic heterocycles. The monoisotopic (exact) mass is 315 g/mol. The van der Waals surface area contributed by atoms with Crippen molar-refractivity contribution in [2.75, 3.05) is 13.1 Å². The molecule has 3 N–H and O–H groups in total. The first-order chi connectivity index (χ1) is 8.03. The fourth-order valence-corrected chi connectivity index (χ4v) is 1.18. The summed E-state index contributed by atoms with van der Waals surface area (Å²) < 4.78 is 25.4. The van der Waals surface area contributed by atoms with Gasteiger partial charge in [-0.3, -0.25) is 9.78 Å². The zero-order valence-corrected chi connectivity index (χ0v) is 11.8. The van der Waals surface area contributed by atoms with Crippen molar-refractivity contribution in [1.29, 1.82) is 0 Å². The van der Waals surface area contributed by atoms with E-state index in [2.05, 4.69) is 10.3 Å². The van der Waals surface area contributed by atoms with Crippen LogP contribution in [-0.2, 0) is 11.2 Å². The van der Waals surface area contributed by atoms with Gasteiger partial charge in [0.2, 0.25) is 5.91 Å². The van der Waals surface area contributed by atoms with Crippen LogP contribution < -0.4 is 11.1 Å². The second-order valence-electron chi connectivity index (χ2n) is 3.66. The molecule has 0 radical (unpaired) electrons. The van der Waals surface area contributed by atoms with E-state index >= 15 is 0 Å². The molecule has 0 aliphatic carbocycles. The minimum Gasteiger partial charge on any atom is -0.350 e. The highest BCUT2D eigenvalue weighted by Gasteiger charge is 2.26. The second-order valence-corrected chi connectivity index (χ2v) is 3.66. The largest absolute Gasteiger partial charge is 0.350 e. The Bertz CT molecular complexity index is 366. The van der Waals surface area contributed by atoms with Crippen LogP contribution in [0.1, 0.15) is 12.1 Å². The van der Waals surface area contributed by atoms with E-state index in [9.17, 15) is 13.6 Å². The number of hydrogen-bond acceptors (Lipinski definition) is 3. The Morgan fingerprint density at radius 1 is 1.37 bits per heavy atom. The molecule has 8 heteroatoms. The summed E-state index contributed by atoms with van der Waals surface area (Å²) in [5, 5.41) is 2.15. The Hall–Kier alpha value is -0.980. The number of nitrogens with one attached hydrogen (secondary N) is 1. The van der Waals surface area contributed by atoms with Crippen LogP contribution in [0.2, 0.25) is 0 Å². The van der Waals surface area contributed by atoms with Gasteiger partial charge in [-0.25, -0.2) is 8.78 Å². The van der Waals surface area contributed by atoms with Crippen molar-refractivity contribution >= 4 is 30.7 Å². The highest BCUT2D eigenvalue weighted by atomic mass is 35.5. The van der Waals surface area contributed by atoms with Gasteiger partial charge in [0.25, 0.3) is 5.92 Å². The molecule has 0 bridgehead atoms. The summed E-state index contributed by atoms with van der Waals surface area (Å²) in [6.45, 7) is -1.49. The average molecular weight is 316 g/mol. The van der Waals surface area contributed by atoms with E-state index < -0.39 is 24.9 Å². The molecule has 0 aliphatic rings. The number of carbonyl (C=O) groups is 1. The van der Waals surface area contributed by atoms with Gasteiger partial charge < -0.3 is 11.1 Å². The van der Waals surface area contributed by atoms with Crippen LogP contribution in [0.15, 0.2) is 24.4 Å². The molecular formula is C11H17Cl2F2N3O. The molecule has 0 aromatic carbocycles. The number of amides is 1. The maximum absolute atomic E-state index is 12.7. The third-order valence-corrected chi connectivity index (χ3v) is 2.18. The number of rotatable bonds is 6. The van der Waals surface area contributed by atoms with Crippen LogP contribution in [0.5, 0.6) is 0 Å². The molecule has 0 saturated carbocycles. The van der Waals surface area contributed by atoms with Crippen molar-refractivity contribution in [2.24, 2.45) is 5.73 Å². The number of alkyl halides is 2. The number of halogens is 4. The topological polar surface area (TPSA) is 68.0 Å². The van der Waals surface area contributed by atoms with E-state index in [1.165, 1.54) is 0 Å². The minimum absolute atomic E-state index is 0. The zero-order valence-electron chi connectivity index (χ0n) is 10.1. The Kier molecular flexibility index (Phi) is 10.6. The van der Waals surface area contributed by atoms with E-state index in [0.717, 1.165) is 5.69 Å². The van der Waals surface area contributed by atoms with Crippen molar-refractivity contribution < 1.29 is 13.6 Å². The SMILES string of the molecule is Cl.Cl.NCC(F)(F)CNC(=O)CCc1ccccn1. The Morgan fingerprint density at radius 2 is 2.05 bits per heavy atom. The van der Waals surface area contributed by atoms with Crippen molar-refractivity contribution in [3.63, 3.8) is 0 Å². The number of hydrogen-bond donors (Lipinski definition) is 2. The van der Waals surface area contributed by atoms with Crippen LogP contribution in [0.25, 0.3) is 0 Å². The third kappa shape index (κ3) is 8.69. The zero-order chi connectivity index (χ0) is 12.7. The minimum atomic E-state index is -3.04. The van der Waals surface area contributed by atoms with Crippen molar-refractivity contribution in [1.82, 2.24) is 10.3 Å². The van der Waals surface area contributed by atoms with Gasteiger partial charge in [-0.1, -0.05) is 6.07 Å². The highest BCUT2D eigenvalue weighted by Crippen LogP contribution is 2.08. The van der Waals surface area contributed by atoms with Gasteiger partial charge in [0.1, 0.15) is 0 Å². The van der Waals surface area contributed by atoms with Crippen LogP contribution in [0, 0.1) is 0 Å². The molecule has 1 aromatic rings. The maximum atomic E-state index is 12.7. The van der Waals surface area contributed by atoms with Crippen molar-refractivity contribution in [3.8, 4) is 0 Å². The summed E-state index contributed by atoms with van der Waals surface area (Å²) in [6, 6.07) is 5.36. The number of aromatic nitrogens is 1. The molecule has 1 rings (SSSR count). The number of carbonyl (C=O) groups excluding carboxylic acids is 1. The molecule has 110 valence electrons. The number of pyridine rings is 1. The Balaban J connectivity index is 0. The van der Waals surface area contributed by atoms with Crippen LogP contribution in [0.3, 0.4) is 0 Å². The van der Waals surface area contributed by atoms with Crippen LogP contribution in [-0.4, -0.2) is 29.9 Å². The van der Waals surface area contributed by atoms with Crippen LogP contribution in [0.4, 0.5) is 8.78 Å². The summed E-state index contributed by atoms with van der Waals surface area (Å²) in [4.78, 5) is 15.3. The predicted octanol–water partition coefficient (Wildman–Crippen LogP) is 1.57. The molecule has 0 saturated heterocycles. The fourth-order valence-electron chi connectivity index (χ4n) is 1.18. The van der Waals surface area contributed by atoms with Crippen LogP contribution >= 0.6 is 24.8 Å². The summed E-state index contributed by atoms with van der Waals surface area (Å²) in [5.41, 5.74) is 5.60. The summed E-state index contributed by atoms with van der Waals surface area (Å²) >= 11 is 0. The molecular weight excluding hydrogens is 299 g/mol. The first-order valence-corrected chi connectivity index (χ1v) is 5.28. The van der Waals surface area contributed by atoms with Gasteiger partial charge in [0.15, 0.2) is 0 Å². The van der Waals surface area contributed by atoms with Gasteiger partial charge >= 0.3 is 0 Å². The molecule has 0 atom stereocenters. The smallest absolute Gasteiger partial charge is 0.277 e. The van der Waals surface area contributed by atoms with E-state index in [1.807, 2.05) is 6.07 Å². The van der Waals surface area contributed by atoms with Gasteiger partial charge in [-0.2, -0.15) is 0 Å². The standard InChI is InChI=1S/C11H15F2N3O.2ClH/c12-11(13,7-14)8-16-10(17)5-4-9-3-1-2-6-15-9;;/h1-3,6H,4-5,7-8,14H2,(H,16,17);2*1H. The first kappa shape index (κ1) is 20.3. The van der Waals surface area contributed by atoms with E-state index in [4.69, 9.17) is 5.73 Å². The second kappa shape index (κ2) is 9.89. The summed E-state index contributed by atoms with van der Waals surface area (Å²) in [7, 11) is 0. The third-order valence-electron chi connectivity index (χ3n) is 2.18. The van der Waals surface area contributed by atoms with Gasteiger partial charge in [0.05, 0.1) is 13.1 Å². The molecule has 0 spiro atoms. The quantitative estimate of drug-likeness (QED) is 0.837. The van der Waals surface area contributed by atoms with Gasteiger partial charge in [0, 0.05) is 18.3 Å². The molecule has 1 amide bonds. The molecule has 0 unspecified atom stereocenters. The van der Waals surface area contributed by atoms with Gasteiger partial charge in [-0.05, 0) is 18.6 Å². The number of aryl methyl sites for hydroxylation is 1. The van der Waals surface area contributed by atoms with Crippen molar-refractivity contribution in [3.05, 3.63) is 30.1 Å². The molecule has 0 fully saturated rings. The summed E-state index contributed by atoms with van der Waals surface area (Å²) in [5.74, 6) is -3.47. The lowest BCUT2D eigenvalue weighted by Crippen LogP contribution is -2.41. The first-order valence-electron chi connectivity index (χ1n) is 5.28. The molecule has 19 heavy (non-hydrogen) atoms. The average Bonchev–Trinajstić information content (AvgIpc) is 2.35. The normalized spacial score (nSPS) is 10.1. The Morgan fingerprint density at radius 3 is 2.58 bits per heavy atom. The lowest BCUT2D eigenvalue weighted by Gasteiger charge is -2.14. The van der Waals surface area contributed by atoms with E-state index in [-0.39, 0.29) is 31.2 Å². The molecule has 1 aromatic heterocycles. The highest BCUT2D eigenvalue weighted by molar-refractivity contribution is 5.85. The maximum Gasteiger partial charge on any atom is 0.277 e. The van der Waals surface area contributed by atoms with E-state index in [0.29, 0.717) is 6.42 Å². The van der Waals surface area contributed by atoms with E-state index in [1.54, 1.807) is 18.3 Å². The van der Waals surface area contributed by atoms with Crippen molar-refractivity contribution in [2.45, 2.75) is 18.8 Å². The summed E-state index contributed by atoms with van der Waals surface area (Å²) in [6.07, 6.45) is 2.19. The number of nitrogens with zero attached hydrogens (tertiary/aromatic N) is 1. The Labute approximate surface area is 123 Å². The predicted molar refractivity (Wildman–Crippen MR) is 74.1 cm³/mol. The van der Waals surface area contributed by atoms with Gasteiger partial charge in [-0.15, -0.1) is 24.8 Å². The lowest BCUT2D eigenvalue weighted by molar-refractivity contribution is -0.122.